The minimum atomic E-state index is -0.126. The van der Waals surface area contributed by atoms with Crippen molar-refractivity contribution in [2.75, 3.05) is 5.32 Å². The molecule has 0 aliphatic heterocycles. The molecule has 1 fully saturated rings. The molecule has 1 aliphatic carbocycles. The largest absolute Gasteiger partial charge is 0.305 e. The van der Waals surface area contributed by atoms with Crippen LogP contribution < -0.4 is 5.32 Å². The van der Waals surface area contributed by atoms with E-state index in [4.69, 9.17) is 0 Å². The zero-order chi connectivity index (χ0) is 18.5. The fourth-order valence-electron chi connectivity index (χ4n) is 3.72. The molecule has 1 aromatic carbocycles. The summed E-state index contributed by atoms with van der Waals surface area (Å²) in [5.41, 5.74) is 3.13. The molecule has 0 bridgehead atoms. The molecule has 5 nitrogen and oxygen atoms in total. The van der Waals surface area contributed by atoms with Crippen LogP contribution in [0.4, 0.5) is 5.82 Å². The highest BCUT2D eigenvalue weighted by Gasteiger charge is 2.16. The van der Waals surface area contributed by atoms with E-state index in [-0.39, 0.29) is 5.91 Å². The van der Waals surface area contributed by atoms with E-state index in [2.05, 4.69) is 27.5 Å². The lowest BCUT2D eigenvalue weighted by molar-refractivity contribution is 0.102. The van der Waals surface area contributed by atoms with Crippen LogP contribution in [0.3, 0.4) is 0 Å². The number of anilines is 1. The van der Waals surface area contributed by atoms with Gasteiger partial charge in [0, 0.05) is 30.2 Å². The minimum absolute atomic E-state index is 0.126. The molecule has 1 N–H and O–H groups in total. The van der Waals surface area contributed by atoms with Crippen molar-refractivity contribution >= 4 is 11.7 Å². The Kier molecular flexibility index (Phi) is 5.28. The first-order chi connectivity index (χ1) is 13.3. The minimum Gasteiger partial charge on any atom is -0.305 e. The third kappa shape index (κ3) is 4.42. The number of carbonyl (C=O) groups is 1. The van der Waals surface area contributed by atoms with Gasteiger partial charge in [-0.25, -0.2) is 0 Å². The third-order valence-electron chi connectivity index (χ3n) is 5.23. The summed E-state index contributed by atoms with van der Waals surface area (Å²) < 4.78 is 1.80. The number of nitrogens with one attached hydrogen (secondary N) is 1. The molecular weight excluding hydrogens is 336 g/mol. The number of pyridine rings is 1. The van der Waals surface area contributed by atoms with Gasteiger partial charge in [-0.15, -0.1) is 0 Å². The average Bonchev–Trinajstić information content (AvgIpc) is 3.16. The molecule has 5 heteroatoms. The average molecular weight is 360 g/mol. The maximum atomic E-state index is 12.5. The second kappa shape index (κ2) is 8.16. The van der Waals surface area contributed by atoms with Gasteiger partial charge in [-0.05, 0) is 54.2 Å². The monoisotopic (exact) mass is 360 g/mol. The Morgan fingerprint density at radius 2 is 1.74 bits per heavy atom. The predicted octanol–water partition coefficient (Wildman–Crippen LogP) is 4.63. The molecule has 0 spiro atoms. The molecule has 1 amide bonds. The van der Waals surface area contributed by atoms with Gasteiger partial charge in [0.1, 0.15) is 0 Å². The maximum Gasteiger partial charge on any atom is 0.256 e. The Labute approximate surface area is 159 Å². The van der Waals surface area contributed by atoms with Crippen molar-refractivity contribution in [3.05, 3.63) is 77.7 Å². The van der Waals surface area contributed by atoms with Crippen LogP contribution in [-0.2, 0) is 6.54 Å². The SMILES string of the molecule is O=C(Nc1ccn(Cc2ccncc2)n1)c1ccc(C2CCCCC2)cc1. The number of hydrogen-bond acceptors (Lipinski definition) is 3. The van der Waals surface area contributed by atoms with Crippen molar-refractivity contribution in [2.45, 2.75) is 44.6 Å². The van der Waals surface area contributed by atoms with E-state index in [1.54, 1.807) is 17.1 Å². The van der Waals surface area contributed by atoms with Gasteiger partial charge in [-0.2, -0.15) is 5.10 Å². The Morgan fingerprint density at radius 1 is 1.00 bits per heavy atom. The molecule has 2 aromatic heterocycles. The van der Waals surface area contributed by atoms with Gasteiger partial charge >= 0.3 is 0 Å². The van der Waals surface area contributed by atoms with E-state index in [1.165, 1.54) is 37.7 Å². The Hall–Kier alpha value is -2.95. The van der Waals surface area contributed by atoms with Crippen molar-refractivity contribution in [3.63, 3.8) is 0 Å². The summed E-state index contributed by atoms with van der Waals surface area (Å²) in [7, 11) is 0. The molecule has 0 radical (unpaired) electrons. The molecule has 4 rings (SSSR count). The molecule has 2 heterocycles. The smallest absolute Gasteiger partial charge is 0.256 e. The van der Waals surface area contributed by atoms with Crippen molar-refractivity contribution in [2.24, 2.45) is 0 Å². The number of aromatic nitrogens is 3. The van der Waals surface area contributed by atoms with Gasteiger partial charge < -0.3 is 5.32 Å². The highest BCUT2D eigenvalue weighted by Crippen LogP contribution is 2.32. The number of nitrogens with zero attached hydrogens (tertiary/aromatic N) is 3. The summed E-state index contributed by atoms with van der Waals surface area (Å²) in [6.45, 7) is 0.647. The van der Waals surface area contributed by atoms with Gasteiger partial charge in [-0.3, -0.25) is 14.5 Å². The first-order valence-electron chi connectivity index (χ1n) is 9.61. The van der Waals surface area contributed by atoms with Crippen molar-refractivity contribution in [3.8, 4) is 0 Å². The summed E-state index contributed by atoms with van der Waals surface area (Å²) in [6, 6.07) is 13.8. The van der Waals surface area contributed by atoms with Crippen LogP contribution in [-0.4, -0.2) is 20.7 Å². The predicted molar refractivity (Wildman–Crippen MR) is 106 cm³/mol. The molecule has 0 saturated heterocycles. The lowest BCUT2D eigenvalue weighted by Gasteiger charge is -2.22. The van der Waals surface area contributed by atoms with E-state index >= 15 is 0 Å². The van der Waals surface area contributed by atoms with Gasteiger partial charge in [0.15, 0.2) is 5.82 Å². The lowest BCUT2D eigenvalue weighted by Crippen LogP contribution is -2.13. The second-order valence-corrected chi connectivity index (χ2v) is 7.17. The van der Waals surface area contributed by atoms with Crippen LogP contribution in [0.5, 0.6) is 0 Å². The Morgan fingerprint density at radius 3 is 2.48 bits per heavy atom. The van der Waals surface area contributed by atoms with Crippen LogP contribution in [0, 0.1) is 0 Å². The van der Waals surface area contributed by atoms with Crippen LogP contribution >= 0.6 is 0 Å². The Bertz CT molecular complexity index is 880. The number of hydrogen-bond donors (Lipinski definition) is 1. The summed E-state index contributed by atoms with van der Waals surface area (Å²) in [4.78, 5) is 16.5. The maximum absolute atomic E-state index is 12.5. The van der Waals surface area contributed by atoms with Crippen molar-refractivity contribution in [1.29, 1.82) is 0 Å². The standard InChI is InChI=1S/C22H24N4O/c27-22(20-8-6-19(7-9-20)18-4-2-1-3-5-18)24-21-12-15-26(25-21)16-17-10-13-23-14-11-17/h6-15,18H,1-5,16H2,(H,24,25,27). The first kappa shape index (κ1) is 17.5. The normalized spacial score (nSPS) is 14.8. The molecule has 0 atom stereocenters. The summed E-state index contributed by atoms with van der Waals surface area (Å²) in [5.74, 6) is 1.09. The van der Waals surface area contributed by atoms with Crippen LogP contribution in [0.2, 0.25) is 0 Å². The molecule has 27 heavy (non-hydrogen) atoms. The highest BCUT2D eigenvalue weighted by molar-refractivity contribution is 6.03. The fraction of sp³-hybridized carbons (Fsp3) is 0.318. The van der Waals surface area contributed by atoms with Gasteiger partial charge in [0.05, 0.1) is 6.54 Å². The van der Waals surface area contributed by atoms with Crippen LogP contribution in [0.15, 0.2) is 61.1 Å². The van der Waals surface area contributed by atoms with E-state index in [0.29, 0.717) is 23.8 Å². The van der Waals surface area contributed by atoms with E-state index in [0.717, 1.165) is 5.56 Å². The Balaban J connectivity index is 1.37. The van der Waals surface area contributed by atoms with E-state index in [9.17, 15) is 4.79 Å². The lowest BCUT2D eigenvalue weighted by atomic mass is 9.84. The number of rotatable bonds is 5. The number of carbonyl (C=O) groups excluding carboxylic acids is 1. The zero-order valence-corrected chi connectivity index (χ0v) is 15.3. The quantitative estimate of drug-likeness (QED) is 0.722. The van der Waals surface area contributed by atoms with Crippen LogP contribution in [0.1, 0.15) is 59.5 Å². The van der Waals surface area contributed by atoms with Gasteiger partial charge in [0.25, 0.3) is 5.91 Å². The highest BCUT2D eigenvalue weighted by atomic mass is 16.1. The number of benzene rings is 1. The number of amides is 1. The first-order valence-corrected chi connectivity index (χ1v) is 9.61. The molecule has 3 aromatic rings. The molecule has 0 unspecified atom stereocenters. The summed E-state index contributed by atoms with van der Waals surface area (Å²) in [6.07, 6.45) is 11.9. The summed E-state index contributed by atoms with van der Waals surface area (Å²) in [5, 5.41) is 7.31. The van der Waals surface area contributed by atoms with Crippen LogP contribution in [0.25, 0.3) is 0 Å². The molecule has 1 saturated carbocycles. The second-order valence-electron chi connectivity index (χ2n) is 7.17. The summed E-state index contributed by atoms with van der Waals surface area (Å²) >= 11 is 0. The molecule has 138 valence electrons. The zero-order valence-electron chi connectivity index (χ0n) is 15.3. The van der Waals surface area contributed by atoms with E-state index < -0.39 is 0 Å². The molecular formula is C22H24N4O. The third-order valence-corrected chi connectivity index (χ3v) is 5.23. The van der Waals surface area contributed by atoms with Crippen molar-refractivity contribution in [1.82, 2.24) is 14.8 Å². The van der Waals surface area contributed by atoms with Gasteiger partial charge in [-0.1, -0.05) is 31.4 Å². The van der Waals surface area contributed by atoms with Gasteiger partial charge in [0.2, 0.25) is 0 Å². The fourth-order valence-corrected chi connectivity index (χ4v) is 3.72. The topological polar surface area (TPSA) is 59.8 Å². The molecule has 1 aliphatic rings. The van der Waals surface area contributed by atoms with Crippen molar-refractivity contribution < 1.29 is 4.79 Å². The van der Waals surface area contributed by atoms with E-state index in [1.807, 2.05) is 36.5 Å².